The van der Waals surface area contributed by atoms with E-state index in [0.29, 0.717) is 35.8 Å². The molecule has 2 atom stereocenters. The van der Waals surface area contributed by atoms with Gasteiger partial charge in [0.05, 0.1) is 17.3 Å². The summed E-state index contributed by atoms with van der Waals surface area (Å²) in [5.74, 6) is 1.29. The van der Waals surface area contributed by atoms with E-state index < -0.39 is 0 Å². The molecule has 29 heavy (non-hydrogen) atoms. The Labute approximate surface area is 166 Å². The van der Waals surface area contributed by atoms with Gasteiger partial charge in [0.1, 0.15) is 13.2 Å². The Bertz CT molecular complexity index is 1170. The molecule has 0 saturated heterocycles. The highest BCUT2D eigenvalue weighted by atomic mass is 16.6. The summed E-state index contributed by atoms with van der Waals surface area (Å²) in [5, 5.41) is 4.78. The number of ether oxygens (including phenoxy) is 2. The molecule has 1 aliphatic heterocycles. The first kappa shape index (κ1) is 17.5. The van der Waals surface area contributed by atoms with E-state index in [-0.39, 0.29) is 23.3 Å². The van der Waals surface area contributed by atoms with Crippen molar-refractivity contribution in [1.82, 2.24) is 10.4 Å². The SMILES string of the molecule is O=C(N/N=C/c1cc2cc3c(cc2[nH]c1=O)OCCO3)C1CC1c1ccccc1. The standard InChI is InChI=1S/C22H19N3O4/c26-21-15(8-14-9-19-20(11-18(14)24-21)29-7-6-28-19)12-23-25-22(27)17-10-16(17)13-4-2-1-3-5-13/h1-5,8-9,11-12,16-17H,6-7,10H2,(H,24,26)(H,25,27)/b23-12+. The van der Waals surface area contributed by atoms with Crippen LogP contribution in [0.5, 0.6) is 11.5 Å². The molecule has 2 aromatic carbocycles. The zero-order chi connectivity index (χ0) is 19.8. The number of hydrogen-bond acceptors (Lipinski definition) is 5. The van der Waals surface area contributed by atoms with Crippen LogP contribution in [0.4, 0.5) is 0 Å². The average molecular weight is 389 g/mol. The van der Waals surface area contributed by atoms with E-state index in [1.54, 1.807) is 12.1 Å². The number of carbonyl (C=O) groups is 1. The molecule has 1 amide bonds. The quantitative estimate of drug-likeness (QED) is 0.530. The summed E-state index contributed by atoms with van der Waals surface area (Å²) in [4.78, 5) is 27.4. The summed E-state index contributed by atoms with van der Waals surface area (Å²) in [7, 11) is 0. The second kappa shape index (κ2) is 7.09. The normalized spacial score (nSPS) is 20.0. The number of fused-ring (bicyclic) bond motifs is 2. The summed E-state index contributed by atoms with van der Waals surface area (Å²) in [5.41, 5.74) is 4.43. The van der Waals surface area contributed by atoms with Gasteiger partial charge in [-0.15, -0.1) is 0 Å². The fraction of sp³-hybridized carbons (Fsp3) is 0.227. The summed E-state index contributed by atoms with van der Waals surface area (Å²) in [6.07, 6.45) is 2.18. The van der Waals surface area contributed by atoms with Crippen LogP contribution in [0, 0.1) is 5.92 Å². The molecule has 0 radical (unpaired) electrons. The Hall–Kier alpha value is -3.61. The van der Waals surface area contributed by atoms with Gasteiger partial charge in [-0.25, -0.2) is 5.43 Å². The van der Waals surface area contributed by atoms with Crippen LogP contribution in [-0.2, 0) is 4.79 Å². The number of amides is 1. The maximum Gasteiger partial charge on any atom is 0.257 e. The molecule has 2 N–H and O–H groups in total. The molecule has 0 spiro atoms. The fourth-order valence-corrected chi connectivity index (χ4v) is 3.66. The van der Waals surface area contributed by atoms with E-state index in [1.165, 1.54) is 6.21 Å². The molecule has 2 heterocycles. The van der Waals surface area contributed by atoms with Gasteiger partial charge in [0.15, 0.2) is 11.5 Å². The molecule has 146 valence electrons. The summed E-state index contributed by atoms with van der Waals surface area (Å²) >= 11 is 0. The molecule has 1 saturated carbocycles. The van der Waals surface area contributed by atoms with Gasteiger partial charge in [-0.1, -0.05) is 30.3 Å². The van der Waals surface area contributed by atoms with Crippen LogP contribution in [0.1, 0.15) is 23.5 Å². The van der Waals surface area contributed by atoms with Crippen molar-refractivity contribution in [1.29, 1.82) is 0 Å². The molecule has 7 nitrogen and oxygen atoms in total. The molecule has 1 aromatic heterocycles. The number of H-pyrrole nitrogens is 1. The lowest BCUT2D eigenvalue weighted by molar-refractivity contribution is -0.122. The van der Waals surface area contributed by atoms with Crippen LogP contribution in [0.25, 0.3) is 10.9 Å². The molecule has 3 aromatic rings. The highest BCUT2D eigenvalue weighted by molar-refractivity contribution is 5.90. The van der Waals surface area contributed by atoms with Crippen molar-refractivity contribution in [2.24, 2.45) is 11.0 Å². The zero-order valence-corrected chi connectivity index (χ0v) is 15.6. The number of pyridine rings is 1. The Morgan fingerprint density at radius 1 is 1.10 bits per heavy atom. The molecule has 5 rings (SSSR count). The third kappa shape index (κ3) is 3.47. The Morgan fingerprint density at radius 3 is 2.66 bits per heavy atom. The van der Waals surface area contributed by atoms with Crippen LogP contribution in [0.3, 0.4) is 0 Å². The lowest BCUT2D eigenvalue weighted by atomic mass is 10.1. The van der Waals surface area contributed by atoms with Crippen molar-refractivity contribution in [3.8, 4) is 11.5 Å². The van der Waals surface area contributed by atoms with E-state index in [4.69, 9.17) is 9.47 Å². The van der Waals surface area contributed by atoms with E-state index in [2.05, 4.69) is 15.5 Å². The Balaban J connectivity index is 1.30. The summed E-state index contributed by atoms with van der Waals surface area (Å²) < 4.78 is 11.1. The predicted octanol–water partition coefficient (Wildman–Crippen LogP) is 2.55. The third-order valence-electron chi connectivity index (χ3n) is 5.27. The van der Waals surface area contributed by atoms with Gasteiger partial charge in [0, 0.05) is 17.4 Å². The van der Waals surface area contributed by atoms with Gasteiger partial charge < -0.3 is 14.5 Å². The number of aromatic nitrogens is 1. The van der Waals surface area contributed by atoms with E-state index in [1.807, 2.05) is 36.4 Å². The van der Waals surface area contributed by atoms with E-state index in [0.717, 1.165) is 17.4 Å². The first-order valence-corrected chi connectivity index (χ1v) is 9.53. The summed E-state index contributed by atoms with van der Waals surface area (Å²) in [6, 6.07) is 15.3. The summed E-state index contributed by atoms with van der Waals surface area (Å²) in [6.45, 7) is 0.979. The van der Waals surface area contributed by atoms with E-state index >= 15 is 0 Å². The Morgan fingerprint density at radius 2 is 1.86 bits per heavy atom. The maximum atomic E-state index is 12.3. The minimum absolute atomic E-state index is 0.0758. The largest absolute Gasteiger partial charge is 0.486 e. The highest BCUT2D eigenvalue weighted by Crippen LogP contribution is 2.47. The number of hydrazone groups is 1. The lowest BCUT2D eigenvalue weighted by Gasteiger charge is -2.18. The van der Waals surface area contributed by atoms with Crippen molar-refractivity contribution >= 4 is 23.0 Å². The molecule has 7 heteroatoms. The van der Waals surface area contributed by atoms with Crippen LogP contribution < -0.4 is 20.5 Å². The molecule has 1 fully saturated rings. The third-order valence-corrected chi connectivity index (χ3v) is 5.27. The minimum atomic E-state index is -0.291. The maximum absolute atomic E-state index is 12.3. The highest BCUT2D eigenvalue weighted by Gasteiger charge is 2.43. The van der Waals surface area contributed by atoms with Gasteiger partial charge >= 0.3 is 0 Å². The van der Waals surface area contributed by atoms with Crippen LogP contribution in [-0.4, -0.2) is 30.3 Å². The molecule has 0 bridgehead atoms. The zero-order valence-electron chi connectivity index (χ0n) is 15.6. The molecular weight excluding hydrogens is 370 g/mol. The number of nitrogens with one attached hydrogen (secondary N) is 2. The predicted molar refractivity (Wildman–Crippen MR) is 109 cm³/mol. The molecule has 2 aliphatic rings. The van der Waals surface area contributed by atoms with Crippen molar-refractivity contribution in [2.75, 3.05) is 13.2 Å². The topological polar surface area (TPSA) is 92.8 Å². The number of benzene rings is 2. The second-order valence-electron chi connectivity index (χ2n) is 7.23. The number of hydrogen-bond donors (Lipinski definition) is 2. The molecule has 2 unspecified atom stereocenters. The van der Waals surface area contributed by atoms with Gasteiger partial charge in [0.2, 0.25) is 5.91 Å². The fourth-order valence-electron chi connectivity index (χ4n) is 3.66. The molecule has 1 aliphatic carbocycles. The van der Waals surface area contributed by atoms with Crippen molar-refractivity contribution in [3.63, 3.8) is 0 Å². The van der Waals surface area contributed by atoms with Gasteiger partial charge in [-0.2, -0.15) is 5.10 Å². The number of carbonyl (C=O) groups excluding carboxylic acids is 1. The van der Waals surface area contributed by atoms with Crippen molar-refractivity contribution in [3.05, 3.63) is 70.0 Å². The van der Waals surface area contributed by atoms with Gasteiger partial charge in [-0.05, 0) is 30.0 Å². The smallest absolute Gasteiger partial charge is 0.257 e. The molecular formula is C22H19N3O4. The first-order chi connectivity index (χ1) is 14.2. The average Bonchev–Trinajstić information content (AvgIpc) is 3.54. The van der Waals surface area contributed by atoms with Crippen molar-refractivity contribution in [2.45, 2.75) is 12.3 Å². The van der Waals surface area contributed by atoms with Gasteiger partial charge in [-0.3, -0.25) is 9.59 Å². The number of aromatic amines is 1. The number of nitrogens with zero attached hydrogens (tertiary/aromatic N) is 1. The van der Waals surface area contributed by atoms with Crippen LogP contribution in [0.2, 0.25) is 0 Å². The monoisotopic (exact) mass is 389 g/mol. The van der Waals surface area contributed by atoms with E-state index in [9.17, 15) is 9.59 Å². The Kier molecular flexibility index (Phi) is 4.27. The minimum Gasteiger partial charge on any atom is -0.486 e. The van der Waals surface area contributed by atoms with Crippen LogP contribution >= 0.6 is 0 Å². The lowest BCUT2D eigenvalue weighted by Crippen LogP contribution is -2.21. The second-order valence-corrected chi connectivity index (χ2v) is 7.23. The van der Waals surface area contributed by atoms with Crippen LogP contribution in [0.15, 0.2) is 58.4 Å². The van der Waals surface area contributed by atoms with Gasteiger partial charge in [0.25, 0.3) is 5.56 Å². The van der Waals surface area contributed by atoms with Crippen molar-refractivity contribution < 1.29 is 14.3 Å². The first-order valence-electron chi connectivity index (χ1n) is 9.53. The number of rotatable bonds is 4.